The number of aromatic nitrogens is 1. The van der Waals surface area contributed by atoms with Gasteiger partial charge in [0.05, 0.1) is 13.1 Å². The van der Waals surface area contributed by atoms with Gasteiger partial charge < -0.3 is 19.7 Å². The Bertz CT molecular complexity index is 563. The van der Waals surface area contributed by atoms with Crippen LogP contribution < -0.4 is 10.7 Å². The predicted molar refractivity (Wildman–Crippen MR) is 60.7 cm³/mol. The SMILES string of the molecule is Cc1cc(=O)c(C(=O)O)cn1CC1CNC(=O)O1. The highest BCUT2D eigenvalue weighted by atomic mass is 16.6. The zero-order valence-corrected chi connectivity index (χ0v) is 9.67. The molecule has 2 heterocycles. The third kappa shape index (κ3) is 2.34. The van der Waals surface area contributed by atoms with Gasteiger partial charge in [0.1, 0.15) is 11.7 Å². The summed E-state index contributed by atoms with van der Waals surface area (Å²) < 4.78 is 6.55. The minimum Gasteiger partial charge on any atom is -0.477 e. The fourth-order valence-electron chi connectivity index (χ4n) is 1.78. The summed E-state index contributed by atoms with van der Waals surface area (Å²) in [6.07, 6.45) is 0.420. The van der Waals surface area contributed by atoms with Crippen LogP contribution in [0.4, 0.5) is 4.79 Å². The molecule has 96 valence electrons. The van der Waals surface area contributed by atoms with Crippen LogP contribution in [0.15, 0.2) is 17.1 Å². The van der Waals surface area contributed by atoms with E-state index in [0.717, 1.165) is 0 Å². The van der Waals surface area contributed by atoms with Gasteiger partial charge in [-0.2, -0.15) is 0 Å². The van der Waals surface area contributed by atoms with Crippen LogP contribution in [-0.4, -0.2) is 34.4 Å². The van der Waals surface area contributed by atoms with Gasteiger partial charge in [0.2, 0.25) is 0 Å². The van der Waals surface area contributed by atoms with Crippen LogP contribution in [0.1, 0.15) is 16.1 Å². The summed E-state index contributed by atoms with van der Waals surface area (Å²) >= 11 is 0. The highest BCUT2D eigenvalue weighted by Crippen LogP contribution is 2.07. The number of alkyl carbamates (subject to hydrolysis) is 1. The lowest BCUT2D eigenvalue weighted by atomic mass is 10.2. The molecular weight excluding hydrogens is 240 g/mol. The Morgan fingerprint density at radius 1 is 1.61 bits per heavy atom. The van der Waals surface area contributed by atoms with Crippen molar-refractivity contribution in [3.63, 3.8) is 0 Å². The zero-order valence-electron chi connectivity index (χ0n) is 9.67. The Hall–Kier alpha value is -2.31. The topological polar surface area (TPSA) is 97.6 Å². The van der Waals surface area contributed by atoms with Crippen molar-refractivity contribution in [1.82, 2.24) is 9.88 Å². The second-order valence-electron chi connectivity index (χ2n) is 4.06. The first kappa shape index (κ1) is 12.2. The molecule has 1 amide bonds. The number of rotatable bonds is 3. The van der Waals surface area contributed by atoms with Gasteiger partial charge in [0, 0.05) is 18.0 Å². The van der Waals surface area contributed by atoms with Gasteiger partial charge in [-0.05, 0) is 6.92 Å². The van der Waals surface area contributed by atoms with E-state index in [1.54, 1.807) is 11.5 Å². The molecule has 1 unspecified atom stereocenters. The molecule has 0 bridgehead atoms. The lowest BCUT2D eigenvalue weighted by Crippen LogP contribution is -2.25. The number of carbonyl (C=O) groups excluding carboxylic acids is 1. The normalized spacial score (nSPS) is 18.3. The summed E-state index contributed by atoms with van der Waals surface area (Å²) in [6, 6.07) is 1.26. The summed E-state index contributed by atoms with van der Waals surface area (Å²) in [5, 5.41) is 11.4. The number of cyclic esters (lactones) is 1. The Labute approximate surface area is 102 Å². The Balaban J connectivity index is 2.27. The number of aromatic carboxylic acids is 1. The maximum atomic E-state index is 11.4. The molecule has 18 heavy (non-hydrogen) atoms. The van der Waals surface area contributed by atoms with Crippen molar-refractivity contribution < 1.29 is 19.4 Å². The average molecular weight is 252 g/mol. The molecule has 0 aromatic carbocycles. The number of carbonyl (C=O) groups is 2. The van der Waals surface area contributed by atoms with E-state index in [1.807, 2.05) is 0 Å². The van der Waals surface area contributed by atoms with Gasteiger partial charge in [-0.3, -0.25) is 4.79 Å². The van der Waals surface area contributed by atoms with Crippen molar-refractivity contribution in [2.24, 2.45) is 0 Å². The van der Waals surface area contributed by atoms with Gasteiger partial charge in [-0.25, -0.2) is 9.59 Å². The van der Waals surface area contributed by atoms with Gasteiger partial charge in [0.25, 0.3) is 0 Å². The number of ether oxygens (including phenoxy) is 1. The number of carboxylic acids is 1. The molecule has 7 nitrogen and oxygen atoms in total. The lowest BCUT2D eigenvalue weighted by molar-refractivity contribution is 0.0693. The van der Waals surface area contributed by atoms with E-state index < -0.39 is 17.5 Å². The average Bonchev–Trinajstić information content (AvgIpc) is 2.67. The zero-order chi connectivity index (χ0) is 13.3. The fourth-order valence-corrected chi connectivity index (χ4v) is 1.78. The van der Waals surface area contributed by atoms with Crippen molar-refractivity contribution >= 4 is 12.1 Å². The molecule has 1 aromatic heterocycles. The van der Waals surface area contributed by atoms with Crippen molar-refractivity contribution in [2.75, 3.05) is 6.54 Å². The molecule has 1 aliphatic heterocycles. The summed E-state index contributed by atoms with van der Waals surface area (Å²) in [4.78, 5) is 33.2. The van der Waals surface area contributed by atoms with Crippen LogP contribution in [0.5, 0.6) is 0 Å². The van der Waals surface area contributed by atoms with E-state index in [9.17, 15) is 14.4 Å². The highest BCUT2D eigenvalue weighted by Gasteiger charge is 2.23. The molecule has 0 aliphatic carbocycles. The number of carboxylic acid groups (broad SMARTS) is 1. The Morgan fingerprint density at radius 3 is 2.89 bits per heavy atom. The number of hydrogen-bond donors (Lipinski definition) is 2. The maximum Gasteiger partial charge on any atom is 0.407 e. The van der Waals surface area contributed by atoms with Crippen molar-refractivity contribution in [2.45, 2.75) is 19.6 Å². The number of nitrogens with zero attached hydrogens (tertiary/aromatic N) is 1. The summed E-state index contributed by atoms with van der Waals surface area (Å²) in [5.74, 6) is -1.27. The number of pyridine rings is 1. The second kappa shape index (κ2) is 4.52. The van der Waals surface area contributed by atoms with Crippen LogP contribution in [0.25, 0.3) is 0 Å². The van der Waals surface area contributed by atoms with Gasteiger partial charge in [0.15, 0.2) is 5.43 Å². The first-order valence-corrected chi connectivity index (χ1v) is 5.36. The largest absolute Gasteiger partial charge is 0.477 e. The van der Waals surface area contributed by atoms with Crippen molar-refractivity contribution in [3.8, 4) is 0 Å². The van der Waals surface area contributed by atoms with E-state index in [1.165, 1.54) is 12.3 Å². The minimum absolute atomic E-state index is 0.294. The third-order valence-electron chi connectivity index (χ3n) is 2.72. The fraction of sp³-hybridized carbons (Fsp3) is 0.364. The molecule has 1 fully saturated rings. The second-order valence-corrected chi connectivity index (χ2v) is 4.06. The van der Waals surface area contributed by atoms with Crippen molar-refractivity contribution in [1.29, 1.82) is 0 Å². The van der Waals surface area contributed by atoms with Crippen LogP contribution in [-0.2, 0) is 11.3 Å². The highest BCUT2D eigenvalue weighted by molar-refractivity contribution is 5.87. The van der Waals surface area contributed by atoms with Crippen LogP contribution >= 0.6 is 0 Å². The number of hydrogen-bond acceptors (Lipinski definition) is 4. The molecule has 2 N–H and O–H groups in total. The van der Waals surface area contributed by atoms with Gasteiger partial charge in [-0.1, -0.05) is 0 Å². The third-order valence-corrected chi connectivity index (χ3v) is 2.72. The van der Waals surface area contributed by atoms with Crippen LogP contribution in [0.2, 0.25) is 0 Å². The smallest absolute Gasteiger partial charge is 0.407 e. The number of nitrogens with one attached hydrogen (secondary N) is 1. The van der Waals surface area contributed by atoms with E-state index >= 15 is 0 Å². The van der Waals surface area contributed by atoms with E-state index in [0.29, 0.717) is 18.8 Å². The predicted octanol–water partition coefficient (Wildman–Crippen LogP) is -0.0367. The standard InChI is InChI=1S/C11H12N2O5/c1-6-2-9(14)8(10(15)16)5-13(6)4-7-3-12-11(17)18-7/h2,5,7H,3-4H2,1H3,(H,12,17)(H,15,16). The molecule has 1 saturated heterocycles. The lowest BCUT2D eigenvalue weighted by Gasteiger charge is -2.14. The molecule has 7 heteroatoms. The first-order valence-electron chi connectivity index (χ1n) is 5.36. The van der Waals surface area contributed by atoms with E-state index in [2.05, 4.69) is 5.32 Å². The van der Waals surface area contributed by atoms with Gasteiger partial charge in [-0.15, -0.1) is 0 Å². The molecule has 0 saturated carbocycles. The summed E-state index contributed by atoms with van der Waals surface area (Å²) in [7, 11) is 0. The Kier molecular flexibility index (Phi) is 3.05. The maximum absolute atomic E-state index is 11.4. The molecule has 0 radical (unpaired) electrons. The summed E-state index contributed by atoms with van der Waals surface area (Å²) in [5.41, 5.74) is -0.205. The van der Waals surface area contributed by atoms with Crippen molar-refractivity contribution in [3.05, 3.63) is 33.7 Å². The molecular formula is C11H12N2O5. The molecule has 1 aromatic rings. The molecule has 0 spiro atoms. The van der Waals surface area contributed by atoms with Crippen LogP contribution in [0.3, 0.4) is 0 Å². The quantitative estimate of drug-likeness (QED) is 0.786. The van der Waals surface area contributed by atoms with E-state index in [4.69, 9.17) is 9.84 Å². The number of aryl methyl sites for hydroxylation is 1. The number of amides is 1. The van der Waals surface area contributed by atoms with E-state index in [-0.39, 0.29) is 11.7 Å². The first-order chi connectivity index (χ1) is 8.47. The summed E-state index contributed by atoms with van der Waals surface area (Å²) in [6.45, 7) is 2.37. The monoisotopic (exact) mass is 252 g/mol. The minimum atomic E-state index is -1.27. The van der Waals surface area contributed by atoms with Crippen LogP contribution in [0, 0.1) is 6.92 Å². The molecule has 2 rings (SSSR count). The molecule has 1 atom stereocenters. The Morgan fingerprint density at radius 2 is 2.33 bits per heavy atom. The molecule has 1 aliphatic rings. The van der Waals surface area contributed by atoms with Gasteiger partial charge >= 0.3 is 12.1 Å².